The molecule has 2 aliphatic carbocycles. The van der Waals surface area contributed by atoms with Gasteiger partial charge in [-0.15, -0.1) is 11.3 Å². The van der Waals surface area contributed by atoms with E-state index in [9.17, 15) is 19.5 Å². The molecule has 0 aromatic carbocycles. The molecule has 1 aromatic rings. The van der Waals surface area contributed by atoms with Gasteiger partial charge in [-0.25, -0.2) is 0 Å². The first-order valence-electron chi connectivity index (χ1n) is 9.10. The van der Waals surface area contributed by atoms with Crippen LogP contribution in [0.3, 0.4) is 0 Å². The van der Waals surface area contributed by atoms with Crippen molar-refractivity contribution in [3.05, 3.63) is 28.2 Å². The topological polar surface area (TPSA) is 112 Å². The summed E-state index contributed by atoms with van der Waals surface area (Å²) < 4.78 is 0. The first kappa shape index (κ1) is 18.6. The number of amides is 2. The third-order valence-corrected chi connectivity index (χ3v) is 6.43. The maximum absolute atomic E-state index is 12.7. The van der Waals surface area contributed by atoms with Crippen molar-refractivity contribution in [2.45, 2.75) is 51.4 Å². The molecule has 1 aromatic heterocycles. The van der Waals surface area contributed by atoms with Gasteiger partial charge in [-0.3, -0.25) is 9.59 Å². The Morgan fingerprint density at radius 1 is 1.04 bits per heavy atom. The van der Waals surface area contributed by atoms with Crippen LogP contribution in [0.2, 0.25) is 0 Å². The van der Waals surface area contributed by atoms with Gasteiger partial charge in [-0.05, 0) is 44.1 Å². The van der Waals surface area contributed by atoms with E-state index in [2.05, 4.69) is 5.32 Å². The van der Waals surface area contributed by atoms with E-state index in [1.807, 2.05) is 6.08 Å². The van der Waals surface area contributed by atoms with Crippen LogP contribution < -0.4 is 16.2 Å². The number of thiophene rings is 1. The van der Waals surface area contributed by atoms with Crippen molar-refractivity contribution < 1.29 is 19.5 Å². The molecule has 0 spiro atoms. The van der Waals surface area contributed by atoms with Crippen LogP contribution in [0, 0.1) is 11.8 Å². The van der Waals surface area contributed by atoms with Crippen LogP contribution in [0.4, 0.5) is 5.00 Å². The van der Waals surface area contributed by atoms with Gasteiger partial charge in [0.2, 0.25) is 5.91 Å². The van der Waals surface area contributed by atoms with Gasteiger partial charge >= 0.3 is 0 Å². The molecule has 6 nitrogen and oxygen atoms in total. The number of anilines is 1. The van der Waals surface area contributed by atoms with E-state index in [0.29, 0.717) is 17.0 Å². The molecule has 0 aliphatic heterocycles. The van der Waals surface area contributed by atoms with E-state index in [1.165, 1.54) is 11.3 Å². The lowest BCUT2D eigenvalue weighted by atomic mass is 9.82. The zero-order chi connectivity index (χ0) is 18.7. The van der Waals surface area contributed by atoms with Crippen molar-refractivity contribution in [1.29, 1.82) is 0 Å². The van der Waals surface area contributed by atoms with Crippen molar-refractivity contribution in [1.82, 2.24) is 0 Å². The molecule has 2 amide bonds. The highest BCUT2D eigenvalue weighted by Crippen LogP contribution is 2.37. The summed E-state index contributed by atoms with van der Waals surface area (Å²) in [5.41, 5.74) is 6.96. The second-order valence-corrected chi connectivity index (χ2v) is 8.06. The zero-order valence-corrected chi connectivity index (χ0v) is 15.4. The lowest BCUT2D eigenvalue weighted by Crippen LogP contribution is -2.41. The third kappa shape index (κ3) is 3.82. The van der Waals surface area contributed by atoms with Gasteiger partial charge in [-0.1, -0.05) is 25.0 Å². The number of rotatable bonds is 4. The fraction of sp³-hybridized carbons (Fsp3) is 0.526. The van der Waals surface area contributed by atoms with Crippen LogP contribution in [0.15, 0.2) is 12.2 Å². The molecule has 0 saturated heterocycles. The standard InChI is InChI=1S/C19H24N2O4S/c20-16(22)15-13-9-3-1-2-4-10-14(13)26-18(15)21-17(23)11-7-5-6-8-12(11)19(24)25/h5-6,11-12H,1-4,7-10H2,(H2,20,22)(H,21,23)(H,24,25)/p-1/t11-,12-/m0/s1. The van der Waals surface area contributed by atoms with Gasteiger partial charge in [0, 0.05) is 16.8 Å². The molecule has 2 aliphatic rings. The van der Waals surface area contributed by atoms with Gasteiger partial charge in [0.25, 0.3) is 5.91 Å². The monoisotopic (exact) mass is 375 g/mol. The molecular weight excluding hydrogens is 352 g/mol. The third-order valence-electron chi connectivity index (χ3n) is 5.23. The molecule has 0 fully saturated rings. The molecule has 0 saturated carbocycles. The summed E-state index contributed by atoms with van der Waals surface area (Å²) in [6, 6.07) is 0. The smallest absolute Gasteiger partial charge is 0.251 e. The Kier molecular flexibility index (Phi) is 5.76. The Morgan fingerprint density at radius 3 is 2.35 bits per heavy atom. The predicted octanol–water partition coefficient (Wildman–Crippen LogP) is 1.78. The molecule has 140 valence electrons. The summed E-state index contributed by atoms with van der Waals surface area (Å²) in [6.07, 6.45) is 10.2. The lowest BCUT2D eigenvalue weighted by molar-refractivity contribution is -0.313. The summed E-state index contributed by atoms with van der Waals surface area (Å²) in [5, 5.41) is 14.6. The maximum atomic E-state index is 12.7. The minimum Gasteiger partial charge on any atom is -0.550 e. The number of primary amides is 1. The number of carboxylic acids is 1. The molecule has 0 radical (unpaired) electrons. The average Bonchev–Trinajstić information content (AvgIpc) is 2.91. The minimum atomic E-state index is -1.22. The number of nitrogens with one attached hydrogen (secondary N) is 1. The van der Waals surface area contributed by atoms with Crippen molar-refractivity contribution in [3.8, 4) is 0 Å². The van der Waals surface area contributed by atoms with E-state index in [-0.39, 0.29) is 12.3 Å². The summed E-state index contributed by atoms with van der Waals surface area (Å²) in [7, 11) is 0. The second kappa shape index (κ2) is 8.03. The van der Waals surface area contributed by atoms with E-state index in [0.717, 1.165) is 49.0 Å². The Labute approximate surface area is 156 Å². The summed E-state index contributed by atoms with van der Waals surface area (Å²) >= 11 is 1.40. The van der Waals surface area contributed by atoms with E-state index in [1.54, 1.807) is 6.08 Å². The van der Waals surface area contributed by atoms with Crippen LogP contribution in [-0.4, -0.2) is 17.8 Å². The number of nitrogens with two attached hydrogens (primary N) is 1. The molecule has 2 atom stereocenters. The normalized spacial score (nSPS) is 22.8. The number of fused-ring (bicyclic) bond motifs is 1. The molecule has 3 N–H and O–H groups in total. The van der Waals surface area contributed by atoms with Crippen LogP contribution in [0.25, 0.3) is 0 Å². The quantitative estimate of drug-likeness (QED) is 0.781. The Bertz CT molecular complexity index is 753. The number of carbonyl (C=O) groups excluding carboxylic acids is 3. The van der Waals surface area contributed by atoms with Crippen LogP contribution in [0.5, 0.6) is 0 Å². The fourth-order valence-corrected chi connectivity index (χ4v) is 5.13. The Hall–Kier alpha value is -2.15. The predicted molar refractivity (Wildman–Crippen MR) is 97.7 cm³/mol. The van der Waals surface area contributed by atoms with Crippen molar-refractivity contribution in [2.24, 2.45) is 17.6 Å². The van der Waals surface area contributed by atoms with Gasteiger partial charge in [0.1, 0.15) is 5.00 Å². The molecule has 0 unspecified atom stereocenters. The first-order chi connectivity index (χ1) is 12.5. The molecular formula is C19H23N2O4S-. The summed E-state index contributed by atoms with van der Waals surface area (Å²) in [6.45, 7) is 0. The highest BCUT2D eigenvalue weighted by Gasteiger charge is 2.32. The lowest BCUT2D eigenvalue weighted by Gasteiger charge is -2.28. The van der Waals surface area contributed by atoms with Crippen LogP contribution in [-0.2, 0) is 22.4 Å². The average molecular weight is 375 g/mol. The summed E-state index contributed by atoms with van der Waals surface area (Å²) in [4.78, 5) is 37.2. The number of hydrogen-bond acceptors (Lipinski definition) is 5. The first-order valence-corrected chi connectivity index (χ1v) is 9.91. The number of hydrogen-bond donors (Lipinski definition) is 2. The highest BCUT2D eigenvalue weighted by molar-refractivity contribution is 7.17. The zero-order valence-electron chi connectivity index (χ0n) is 14.6. The fourth-order valence-electron chi connectivity index (χ4n) is 3.84. The SMILES string of the molecule is NC(=O)c1c(NC(=O)[C@H]2CC=CC[C@@H]2C(=O)[O-])sc2c1CCCCCC2. The number of carboxylic acid groups (broad SMARTS) is 1. The van der Waals surface area contributed by atoms with E-state index < -0.39 is 23.7 Å². The molecule has 26 heavy (non-hydrogen) atoms. The van der Waals surface area contributed by atoms with Gasteiger partial charge in [-0.2, -0.15) is 0 Å². The number of aliphatic carboxylic acids is 1. The van der Waals surface area contributed by atoms with Crippen LogP contribution in [0.1, 0.15) is 59.3 Å². The maximum Gasteiger partial charge on any atom is 0.251 e. The van der Waals surface area contributed by atoms with Crippen LogP contribution >= 0.6 is 11.3 Å². The molecule has 7 heteroatoms. The van der Waals surface area contributed by atoms with Crippen molar-refractivity contribution >= 4 is 34.1 Å². The molecule has 0 bridgehead atoms. The van der Waals surface area contributed by atoms with Gasteiger partial charge < -0.3 is 21.0 Å². The Balaban J connectivity index is 1.88. The van der Waals surface area contributed by atoms with Crippen molar-refractivity contribution in [3.63, 3.8) is 0 Å². The summed E-state index contributed by atoms with van der Waals surface area (Å²) in [5.74, 6) is -3.70. The minimum absolute atomic E-state index is 0.282. The highest BCUT2D eigenvalue weighted by atomic mass is 32.1. The van der Waals surface area contributed by atoms with Crippen molar-refractivity contribution in [2.75, 3.05) is 5.32 Å². The largest absolute Gasteiger partial charge is 0.550 e. The molecule has 3 rings (SSSR count). The Morgan fingerprint density at radius 2 is 1.69 bits per heavy atom. The number of allylic oxidation sites excluding steroid dienone is 2. The van der Waals surface area contributed by atoms with E-state index >= 15 is 0 Å². The van der Waals surface area contributed by atoms with Gasteiger partial charge in [0.15, 0.2) is 0 Å². The van der Waals surface area contributed by atoms with E-state index in [4.69, 9.17) is 5.73 Å². The second-order valence-electron chi connectivity index (χ2n) is 6.95. The number of carbonyl (C=O) groups is 3. The molecule has 1 heterocycles. The van der Waals surface area contributed by atoms with Gasteiger partial charge in [0.05, 0.1) is 11.5 Å². The number of aryl methyl sites for hydroxylation is 1.